The third-order valence-corrected chi connectivity index (χ3v) is 3.38. The molecule has 7 heteroatoms. The molecule has 1 amide bonds. The van der Waals surface area contributed by atoms with Gasteiger partial charge in [-0.3, -0.25) is 0 Å². The number of carbonyl (C=O) groups excluding carboxylic acids is 1. The van der Waals surface area contributed by atoms with Crippen molar-refractivity contribution >= 4 is 29.1 Å². The summed E-state index contributed by atoms with van der Waals surface area (Å²) in [7, 11) is 0. The van der Waals surface area contributed by atoms with Crippen molar-refractivity contribution in [2.24, 2.45) is 5.73 Å². The first kappa shape index (κ1) is 14.5. The van der Waals surface area contributed by atoms with E-state index in [1.54, 1.807) is 18.0 Å². The normalized spacial score (nSPS) is 15.1. The van der Waals surface area contributed by atoms with Crippen molar-refractivity contribution in [2.45, 2.75) is 6.92 Å². The van der Waals surface area contributed by atoms with Gasteiger partial charge in [-0.2, -0.15) is 0 Å². The Bertz CT molecular complexity index is 501. The second kappa shape index (κ2) is 6.51. The second-order valence-electron chi connectivity index (χ2n) is 4.41. The Hall–Kier alpha value is -1.89. The molecule has 0 radical (unpaired) electrons. The topological polar surface area (TPSA) is 71.7 Å². The molecule has 0 spiro atoms. The van der Waals surface area contributed by atoms with Crippen LogP contribution >= 0.6 is 12.2 Å². The number of carbonyl (C=O) groups is 1. The highest BCUT2D eigenvalue weighted by atomic mass is 32.1. The summed E-state index contributed by atoms with van der Waals surface area (Å²) >= 11 is 5.04. The molecule has 20 heavy (non-hydrogen) atoms. The van der Waals surface area contributed by atoms with Crippen molar-refractivity contribution in [3.63, 3.8) is 0 Å². The van der Waals surface area contributed by atoms with Crippen LogP contribution in [-0.2, 0) is 4.74 Å². The van der Waals surface area contributed by atoms with E-state index in [9.17, 15) is 4.79 Å². The Labute approximate surface area is 123 Å². The van der Waals surface area contributed by atoms with Crippen molar-refractivity contribution in [3.05, 3.63) is 23.9 Å². The van der Waals surface area contributed by atoms with Crippen LogP contribution in [0.15, 0.2) is 18.3 Å². The van der Waals surface area contributed by atoms with E-state index in [1.807, 2.05) is 12.1 Å². The van der Waals surface area contributed by atoms with Gasteiger partial charge in [-0.15, -0.1) is 0 Å². The summed E-state index contributed by atoms with van der Waals surface area (Å²) in [5, 5.41) is 0. The molecule has 2 rings (SSSR count). The molecular formula is C13H18N4O2S. The molecule has 6 nitrogen and oxygen atoms in total. The molecule has 1 saturated heterocycles. The van der Waals surface area contributed by atoms with Crippen molar-refractivity contribution in [1.82, 2.24) is 9.88 Å². The van der Waals surface area contributed by atoms with Gasteiger partial charge in [0, 0.05) is 32.4 Å². The van der Waals surface area contributed by atoms with E-state index in [0.29, 0.717) is 37.8 Å². The first-order valence-corrected chi connectivity index (χ1v) is 6.95. The molecule has 0 aromatic carbocycles. The summed E-state index contributed by atoms with van der Waals surface area (Å²) in [4.78, 5) is 20.1. The fourth-order valence-electron chi connectivity index (χ4n) is 2.16. The molecular weight excluding hydrogens is 276 g/mol. The largest absolute Gasteiger partial charge is 0.450 e. The number of anilines is 1. The van der Waals surface area contributed by atoms with E-state index in [1.165, 1.54) is 0 Å². The van der Waals surface area contributed by atoms with E-state index >= 15 is 0 Å². The molecule has 0 aliphatic carbocycles. The molecule has 0 unspecified atom stereocenters. The number of hydrogen-bond acceptors (Lipinski definition) is 5. The average Bonchev–Trinajstić information content (AvgIpc) is 2.47. The monoisotopic (exact) mass is 294 g/mol. The van der Waals surface area contributed by atoms with Crippen LogP contribution in [0.4, 0.5) is 10.6 Å². The molecule has 1 aliphatic heterocycles. The Morgan fingerprint density at radius 3 is 2.75 bits per heavy atom. The van der Waals surface area contributed by atoms with E-state index in [-0.39, 0.29) is 6.09 Å². The lowest BCUT2D eigenvalue weighted by Crippen LogP contribution is -2.49. The number of thiocarbonyl (C=S) groups is 1. The lowest BCUT2D eigenvalue weighted by molar-refractivity contribution is 0.105. The summed E-state index contributed by atoms with van der Waals surface area (Å²) < 4.78 is 5.00. The number of nitrogens with two attached hydrogens (primary N) is 1. The molecule has 0 saturated carbocycles. The number of ether oxygens (including phenoxy) is 1. The molecule has 2 heterocycles. The van der Waals surface area contributed by atoms with Crippen molar-refractivity contribution in [2.75, 3.05) is 37.7 Å². The summed E-state index contributed by atoms with van der Waals surface area (Å²) in [5.41, 5.74) is 6.49. The lowest BCUT2D eigenvalue weighted by atomic mass is 10.2. The minimum absolute atomic E-state index is 0.261. The van der Waals surface area contributed by atoms with E-state index < -0.39 is 0 Å². The Morgan fingerprint density at radius 2 is 2.15 bits per heavy atom. The highest BCUT2D eigenvalue weighted by molar-refractivity contribution is 7.80. The van der Waals surface area contributed by atoms with Gasteiger partial charge in [0.2, 0.25) is 0 Å². The number of nitrogens with zero attached hydrogens (tertiary/aromatic N) is 3. The maximum Gasteiger partial charge on any atom is 0.409 e. The molecule has 1 fully saturated rings. The average molecular weight is 294 g/mol. The van der Waals surface area contributed by atoms with Crippen molar-refractivity contribution in [1.29, 1.82) is 0 Å². The number of hydrogen-bond donors (Lipinski definition) is 1. The predicted octanol–water partition coefficient (Wildman–Crippen LogP) is 0.994. The zero-order valence-electron chi connectivity index (χ0n) is 11.4. The Morgan fingerprint density at radius 1 is 1.45 bits per heavy atom. The third kappa shape index (κ3) is 3.16. The molecule has 1 aromatic rings. The van der Waals surface area contributed by atoms with Gasteiger partial charge in [0.05, 0.1) is 12.2 Å². The Balaban J connectivity index is 2.04. The van der Waals surface area contributed by atoms with Crippen LogP contribution in [0.5, 0.6) is 0 Å². The van der Waals surface area contributed by atoms with Crippen LogP contribution in [0.2, 0.25) is 0 Å². The van der Waals surface area contributed by atoms with Crippen molar-refractivity contribution < 1.29 is 9.53 Å². The SMILES string of the molecule is CCOC(=O)N1CCN(c2ncccc2C(N)=S)CC1. The molecule has 2 N–H and O–H groups in total. The highest BCUT2D eigenvalue weighted by Gasteiger charge is 2.24. The number of rotatable bonds is 3. The van der Waals surface area contributed by atoms with Gasteiger partial charge in [0.25, 0.3) is 0 Å². The van der Waals surface area contributed by atoms with Crippen molar-refractivity contribution in [3.8, 4) is 0 Å². The van der Waals surface area contributed by atoms with Gasteiger partial charge in [0.15, 0.2) is 0 Å². The molecule has 1 aliphatic rings. The molecule has 0 atom stereocenters. The fourth-order valence-corrected chi connectivity index (χ4v) is 2.32. The maximum absolute atomic E-state index is 11.6. The maximum atomic E-state index is 11.6. The number of piperazine rings is 1. The number of aromatic nitrogens is 1. The number of amides is 1. The minimum atomic E-state index is -0.261. The number of pyridine rings is 1. The van der Waals surface area contributed by atoms with Crippen LogP contribution < -0.4 is 10.6 Å². The second-order valence-corrected chi connectivity index (χ2v) is 4.85. The van der Waals surface area contributed by atoms with Gasteiger partial charge >= 0.3 is 6.09 Å². The smallest absolute Gasteiger partial charge is 0.409 e. The summed E-state index contributed by atoms with van der Waals surface area (Å²) in [6.07, 6.45) is 1.46. The zero-order valence-corrected chi connectivity index (χ0v) is 12.2. The van der Waals surface area contributed by atoms with Crippen LogP contribution in [-0.4, -0.2) is 53.8 Å². The van der Waals surface area contributed by atoms with Crippen LogP contribution in [0.1, 0.15) is 12.5 Å². The van der Waals surface area contributed by atoms with Crippen LogP contribution in [0.3, 0.4) is 0 Å². The highest BCUT2D eigenvalue weighted by Crippen LogP contribution is 2.19. The Kier molecular flexibility index (Phi) is 4.73. The first-order chi connectivity index (χ1) is 9.63. The van der Waals surface area contributed by atoms with E-state index in [2.05, 4.69) is 9.88 Å². The summed E-state index contributed by atoms with van der Waals surface area (Å²) in [5.74, 6) is 0.781. The fraction of sp³-hybridized carbons (Fsp3) is 0.462. The van der Waals surface area contributed by atoms with Gasteiger partial charge in [-0.25, -0.2) is 9.78 Å². The van der Waals surface area contributed by atoms with Crippen LogP contribution in [0, 0.1) is 0 Å². The zero-order chi connectivity index (χ0) is 14.5. The third-order valence-electron chi connectivity index (χ3n) is 3.16. The molecule has 1 aromatic heterocycles. The minimum Gasteiger partial charge on any atom is -0.450 e. The van der Waals surface area contributed by atoms with E-state index in [4.69, 9.17) is 22.7 Å². The van der Waals surface area contributed by atoms with Crippen LogP contribution in [0.25, 0.3) is 0 Å². The van der Waals surface area contributed by atoms with E-state index in [0.717, 1.165) is 11.4 Å². The first-order valence-electron chi connectivity index (χ1n) is 6.55. The van der Waals surface area contributed by atoms with Gasteiger partial charge < -0.3 is 20.3 Å². The summed E-state index contributed by atoms with van der Waals surface area (Å²) in [6.45, 7) is 4.77. The van der Waals surface area contributed by atoms with Gasteiger partial charge in [-0.05, 0) is 19.1 Å². The van der Waals surface area contributed by atoms with Gasteiger partial charge in [-0.1, -0.05) is 12.2 Å². The lowest BCUT2D eigenvalue weighted by Gasteiger charge is -2.35. The summed E-state index contributed by atoms with van der Waals surface area (Å²) in [6, 6.07) is 3.68. The molecule has 108 valence electrons. The quantitative estimate of drug-likeness (QED) is 0.838. The predicted molar refractivity (Wildman–Crippen MR) is 80.9 cm³/mol. The standard InChI is InChI=1S/C13H18N4O2S/c1-2-19-13(18)17-8-6-16(7-9-17)12-10(11(14)20)4-3-5-15-12/h3-5H,2,6-9H2,1H3,(H2,14,20). The molecule has 0 bridgehead atoms. The van der Waals surface area contributed by atoms with Gasteiger partial charge in [0.1, 0.15) is 10.8 Å².